The molecule has 0 spiro atoms. The Labute approximate surface area is 137 Å². The third-order valence-corrected chi connectivity index (χ3v) is 4.28. The van der Waals surface area contributed by atoms with Gasteiger partial charge in [0, 0.05) is 0 Å². The third-order valence-electron chi connectivity index (χ3n) is 3.41. The number of nitrogens with zero attached hydrogens (tertiary/aromatic N) is 4. The molecule has 0 saturated carbocycles. The molecule has 4 rings (SSSR count). The van der Waals surface area contributed by atoms with Crippen LogP contribution in [0.15, 0.2) is 46.3 Å². The van der Waals surface area contributed by atoms with E-state index in [0.29, 0.717) is 11.3 Å². The highest BCUT2D eigenvalue weighted by molar-refractivity contribution is 7.13. The van der Waals surface area contributed by atoms with Gasteiger partial charge in [0.05, 0.1) is 15.9 Å². The average molecular weight is 350 g/mol. The number of fused-ring (bicyclic) bond motifs is 1. The fourth-order valence-corrected chi connectivity index (χ4v) is 3.06. The number of hydrogen-bond acceptors (Lipinski definition) is 5. The van der Waals surface area contributed by atoms with E-state index in [2.05, 4.69) is 15.1 Å². The van der Waals surface area contributed by atoms with Crippen molar-refractivity contribution in [3.8, 4) is 10.7 Å². The first-order valence-electron chi connectivity index (χ1n) is 6.91. The van der Waals surface area contributed by atoms with Crippen molar-refractivity contribution in [2.24, 2.45) is 0 Å². The molecule has 122 valence electrons. The van der Waals surface area contributed by atoms with Gasteiger partial charge in [-0.1, -0.05) is 23.4 Å². The fourth-order valence-electron chi connectivity index (χ4n) is 2.41. The summed E-state index contributed by atoms with van der Waals surface area (Å²) in [6, 6.07) is 10.1. The number of para-hydroxylation sites is 2. The summed E-state index contributed by atoms with van der Waals surface area (Å²) >= 11 is 1.42. The Kier molecular flexibility index (Phi) is 3.38. The molecular formula is C15H9F3N4OS. The summed E-state index contributed by atoms with van der Waals surface area (Å²) in [5.41, 5.74) is 0.628. The van der Waals surface area contributed by atoms with Gasteiger partial charge < -0.3 is 9.09 Å². The van der Waals surface area contributed by atoms with Crippen LogP contribution < -0.4 is 0 Å². The van der Waals surface area contributed by atoms with Crippen LogP contribution in [0.3, 0.4) is 0 Å². The van der Waals surface area contributed by atoms with Gasteiger partial charge in [0.25, 0.3) is 0 Å². The number of rotatable bonds is 3. The summed E-state index contributed by atoms with van der Waals surface area (Å²) in [6.07, 6.45) is -4.57. The third kappa shape index (κ3) is 2.56. The maximum atomic E-state index is 13.3. The Morgan fingerprint density at radius 3 is 2.67 bits per heavy atom. The van der Waals surface area contributed by atoms with E-state index in [1.807, 2.05) is 17.5 Å². The fraction of sp³-hybridized carbons (Fsp3) is 0.133. The predicted octanol–water partition coefficient (Wildman–Crippen LogP) is 4.21. The number of alkyl halides is 3. The summed E-state index contributed by atoms with van der Waals surface area (Å²) in [6.45, 7) is -0.201. The van der Waals surface area contributed by atoms with Crippen LogP contribution in [-0.2, 0) is 12.7 Å². The van der Waals surface area contributed by atoms with E-state index in [-0.39, 0.29) is 18.0 Å². The number of hydrogen-bond donors (Lipinski definition) is 0. The smallest absolute Gasteiger partial charge is 0.337 e. The Morgan fingerprint density at radius 1 is 1.08 bits per heavy atom. The molecule has 0 atom stereocenters. The maximum absolute atomic E-state index is 13.3. The minimum absolute atomic E-state index is 0.0899. The molecule has 0 saturated heterocycles. The molecule has 0 fully saturated rings. The van der Waals surface area contributed by atoms with Crippen molar-refractivity contribution in [3.63, 3.8) is 0 Å². The molecule has 9 heteroatoms. The van der Waals surface area contributed by atoms with E-state index in [0.717, 1.165) is 9.44 Å². The molecule has 0 aliphatic heterocycles. The van der Waals surface area contributed by atoms with Gasteiger partial charge >= 0.3 is 6.18 Å². The van der Waals surface area contributed by atoms with Gasteiger partial charge in [-0.05, 0) is 23.6 Å². The second-order valence-electron chi connectivity index (χ2n) is 5.00. The molecule has 0 N–H and O–H groups in total. The second-order valence-corrected chi connectivity index (χ2v) is 5.94. The van der Waals surface area contributed by atoms with E-state index < -0.39 is 12.0 Å². The lowest BCUT2D eigenvalue weighted by Gasteiger charge is -2.08. The van der Waals surface area contributed by atoms with Gasteiger partial charge in [-0.25, -0.2) is 4.98 Å². The molecule has 0 aliphatic carbocycles. The number of halogens is 3. The zero-order valence-electron chi connectivity index (χ0n) is 12.0. The lowest BCUT2D eigenvalue weighted by molar-refractivity contribution is -0.146. The number of benzene rings is 1. The minimum atomic E-state index is -4.57. The van der Waals surface area contributed by atoms with Crippen LogP contribution in [0.5, 0.6) is 0 Å². The first kappa shape index (κ1) is 14.9. The Morgan fingerprint density at radius 2 is 1.92 bits per heavy atom. The summed E-state index contributed by atoms with van der Waals surface area (Å²) in [5.74, 6) is -0.537. The van der Waals surface area contributed by atoms with Crippen LogP contribution in [0.4, 0.5) is 13.2 Å². The van der Waals surface area contributed by atoms with Gasteiger partial charge in [0.1, 0.15) is 6.54 Å². The first-order chi connectivity index (χ1) is 11.5. The van der Waals surface area contributed by atoms with Crippen LogP contribution in [0, 0.1) is 0 Å². The van der Waals surface area contributed by atoms with Gasteiger partial charge in [-0.2, -0.15) is 18.2 Å². The van der Waals surface area contributed by atoms with Crippen LogP contribution in [0.1, 0.15) is 11.7 Å². The Bertz CT molecular complexity index is 988. The number of aromatic nitrogens is 4. The van der Waals surface area contributed by atoms with Gasteiger partial charge in [-0.15, -0.1) is 11.3 Å². The highest BCUT2D eigenvalue weighted by Gasteiger charge is 2.38. The Hall–Kier alpha value is -2.68. The highest BCUT2D eigenvalue weighted by Crippen LogP contribution is 2.32. The van der Waals surface area contributed by atoms with E-state index in [1.165, 1.54) is 17.4 Å². The van der Waals surface area contributed by atoms with E-state index in [9.17, 15) is 13.2 Å². The summed E-state index contributed by atoms with van der Waals surface area (Å²) in [7, 11) is 0. The highest BCUT2D eigenvalue weighted by atomic mass is 32.1. The van der Waals surface area contributed by atoms with Crippen molar-refractivity contribution in [3.05, 3.63) is 53.5 Å². The second kappa shape index (κ2) is 5.45. The van der Waals surface area contributed by atoms with Crippen molar-refractivity contribution in [1.29, 1.82) is 0 Å². The van der Waals surface area contributed by atoms with Crippen LogP contribution >= 0.6 is 11.3 Å². The molecule has 0 amide bonds. The molecule has 1 aromatic carbocycles. The lowest BCUT2D eigenvalue weighted by Crippen LogP contribution is -2.15. The van der Waals surface area contributed by atoms with E-state index in [1.54, 1.807) is 18.2 Å². The molecule has 0 aliphatic rings. The summed E-state index contributed by atoms with van der Waals surface area (Å²) in [5, 5.41) is 5.68. The van der Waals surface area contributed by atoms with Crippen molar-refractivity contribution >= 4 is 22.4 Å². The normalized spacial score (nSPS) is 12.1. The number of thiophene rings is 1. The lowest BCUT2D eigenvalue weighted by atomic mass is 10.3. The van der Waals surface area contributed by atoms with E-state index >= 15 is 0 Å². The van der Waals surface area contributed by atoms with Crippen molar-refractivity contribution in [1.82, 2.24) is 19.7 Å². The zero-order chi connectivity index (χ0) is 16.7. The predicted molar refractivity (Wildman–Crippen MR) is 81.4 cm³/mol. The Balaban J connectivity index is 1.77. The van der Waals surface area contributed by atoms with Crippen LogP contribution in [0.2, 0.25) is 0 Å². The zero-order valence-corrected chi connectivity index (χ0v) is 12.8. The average Bonchev–Trinajstić information content (AvgIpc) is 3.26. The topological polar surface area (TPSA) is 56.7 Å². The number of imidazole rings is 1. The summed E-state index contributed by atoms with van der Waals surface area (Å²) < 4.78 is 46.0. The molecule has 0 unspecified atom stereocenters. The first-order valence-corrected chi connectivity index (χ1v) is 7.79. The monoisotopic (exact) mass is 350 g/mol. The molecule has 0 radical (unpaired) electrons. The van der Waals surface area contributed by atoms with Crippen molar-refractivity contribution in [2.45, 2.75) is 12.7 Å². The van der Waals surface area contributed by atoms with Gasteiger partial charge in [0.2, 0.25) is 17.5 Å². The van der Waals surface area contributed by atoms with Crippen molar-refractivity contribution < 1.29 is 17.7 Å². The molecule has 24 heavy (non-hydrogen) atoms. The molecule has 0 bridgehead atoms. The molecule has 4 aromatic rings. The molecule has 3 aromatic heterocycles. The van der Waals surface area contributed by atoms with Crippen LogP contribution in [0.25, 0.3) is 21.7 Å². The molecule has 5 nitrogen and oxygen atoms in total. The van der Waals surface area contributed by atoms with Gasteiger partial charge in [-0.3, -0.25) is 0 Å². The minimum Gasteiger partial charge on any atom is -0.337 e. The molecular weight excluding hydrogens is 341 g/mol. The van der Waals surface area contributed by atoms with E-state index in [4.69, 9.17) is 4.52 Å². The maximum Gasteiger partial charge on any atom is 0.449 e. The largest absolute Gasteiger partial charge is 0.449 e. The van der Waals surface area contributed by atoms with Crippen molar-refractivity contribution in [2.75, 3.05) is 0 Å². The van der Waals surface area contributed by atoms with Gasteiger partial charge in [0.15, 0.2) is 0 Å². The summed E-state index contributed by atoms with van der Waals surface area (Å²) in [4.78, 5) is 8.65. The quantitative estimate of drug-likeness (QED) is 0.555. The molecule has 3 heterocycles. The standard InChI is InChI=1S/C15H9F3N4OS/c16-15(17,18)14-19-9-4-1-2-5-10(9)22(14)8-12-20-13(21-23-12)11-6-3-7-24-11/h1-7H,8H2. The van der Waals surface area contributed by atoms with Crippen LogP contribution in [-0.4, -0.2) is 19.7 Å². The SMILES string of the molecule is FC(F)(F)c1nc2ccccc2n1Cc1nc(-c2cccs2)no1.